The van der Waals surface area contributed by atoms with Crippen LogP contribution in [0.4, 0.5) is 0 Å². The Labute approximate surface area is 169 Å². The van der Waals surface area contributed by atoms with E-state index in [1.165, 1.54) is 27.5 Å². The Kier molecular flexibility index (Phi) is 6.46. The van der Waals surface area contributed by atoms with Gasteiger partial charge in [0.05, 0.1) is 33.4 Å². The number of benzene rings is 1. The largest absolute Gasteiger partial charge is 0.493 e. The fourth-order valence-electron chi connectivity index (χ4n) is 3.30. The number of hydrogen-bond donors (Lipinski definition) is 0. The van der Waals surface area contributed by atoms with Crippen molar-refractivity contribution in [2.24, 2.45) is 0 Å². The third kappa shape index (κ3) is 4.09. The van der Waals surface area contributed by atoms with Gasteiger partial charge in [0.1, 0.15) is 16.9 Å². The number of carbonyl (C=O) groups excluding carboxylic acids is 1. The molecule has 1 unspecified atom stereocenters. The number of amides is 1. The summed E-state index contributed by atoms with van der Waals surface area (Å²) >= 11 is 6.13. The van der Waals surface area contributed by atoms with E-state index in [-0.39, 0.29) is 12.0 Å². The number of nitrogens with zero attached hydrogens (tertiary/aromatic N) is 2. The molecule has 1 aromatic carbocycles. The summed E-state index contributed by atoms with van der Waals surface area (Å²) < 4.78 is 22.1. The molecule has 1 fully saturated rings. The first-order chi connectivity index (χ1) is 13.6. The molecule has 0 N–H and O–H groups in total. The van der Waals surface area contributed by atoms with Gasteiger partial charge >= 0.3 is 0 Å². The van der Waals surface area contributed by atoms with Crippen molar-refractivity contribution in [2.45, 2.75) is 18.9 Å². The zero-order valence-electron chi connectivity index (χ0n) is 16.1. The molecule has 0 aliphatic carbocycles. The molecule has 0 bridgehead atoms. The second kappa shape index (κ2) is 9.01. The van der Waals surface area contributed by atoms with Crippen molar-refractivity contribution in [3.05, 3.63) is 41.2 Å². The number of carbonyl (C=O) groups is 1. The zero-order valence-corrected chi connectivity index (χ0v) is 16.9. The van der Waals surface area contributed by atoms with E-state index in [1.807, 2.05) is 0 Å². The first kappa shape index (κ1) is 20.1. The molecule has 0 radical (unpaired) electrons. The topological polar surface area (TPSA) is 70.1 Å². The Hall–Kier alpha value is -2.67. The highest BCUT2D eigenvalue weighted by Crippen LogP contribution is 2.40. The molecule has 2 aromatic rings. The maximum atomic E-state index is 13.2. The molecular weight excluding hydrogens is 384 g/mol. The predicted molar refractivity (Wildman–Crippen MR) is 105 cm³/mol. The van der Waals surface area contributed by atoms with Crippen molar-refractivity contribution in [1.82, 2.24) is 9.88 Å². The average molecular weight is 407 g/mol. The smallest absolute Gasteiger partial charge is 0.257 e. The predicted octanol–water partition coefficient (Wildman–Crippen LogP) is 3.44. The normalized spacial score (nSPS) is 16.4. The van der Waals surface area contributed by atoms with E-state index < -0.39 is 0 Å². The van der Waals surface area contributed by atoms with Crippen molar-refractivity contribution in [2.75, 3.05) is 34.4 Å². The number of piperidine rings is 1. The molecule has 2 heterocycles. The van der Waals surface area contributed by atoms with Crippen molar-refractivity contribution in [3.8, 4) is 23.0 Å². The summed E-state index contributed by atoms with van der Waals surface area (Å²) in [4.78, 5) is 18.9. The van der Waals surface area contributed by atoms with Crippen molar-refractivity contribution < 1.29 is 23.7 Å². The highest BCUT2D eigenvalue weighted by molar-refractivity contribution is 6.31. The van der Waals surface area contributed by atoms with Crippen LogP contribution in [0.2, 0.25) is 5.02 Å². The van der Waals surface area contributed by atoms with Crippen LogP contribution >= 0.6 is 11.6 Å². The summed E-state index contributed by atoms with van der Waals surface area (Å²) in [6.45, 7) is 1.09. The van der Waals surface area contributed by atoms with Crippen LogP contribution in [0.15, 0.2) is 30.6 Å². The van der Waals surface area contributed by atoms with Gasteiger partial charge in [-0.25, -0.2) is 0 Å². The Morgan fingerprint density at radius 3 is 2.57 bits per heavy atom. The molecule has 1 aliphatic rings. The summed E-state index contributed by atoms with van der Waals surface area (Å²) in [5.74, 6) is 1.67. The maximum absolute atomic E-state index is 13.2. The molecule has 0 spiro atoms. The van der Waals surface area contributed by atoms with E-state index in [0.717, 1.165) is 12.8 Å². The second-order valence-corrected chi connectivity index (χ2v) is 6.73. The number of methoxy groups -OCH3 is 3. The van der Waals surface area contributed by atoms with Crippen LogP contribution in [-0.4, -0.2) is 56.3 Å². The highest BCUT2D eigenvalue weighted by atomic mass is 35.5. The highest BCUT2D eigenvalue weighted by Gasteiger charge is 2.29. The molecule has 0 saturated carbocycles. The van der Waals surface area contributed by atoms with Crippen LogP contribution in [0.1, 0.15) is 23.2 Å². The molecule has 7 nitrogen and oxygen atoms in total. The summed E-state index contributed by atoms with van der Waals surface area (Å²) in [5.41, 5.74) is 0.419. The summed E-state index contributed by atoms with van der Waals surface area (Å²) in [7, 11) is 4.55. The number of aromatic nitrogens is 1. The molecule has 8 heteroatoms. The average Bonchev–Trinajstić information content (AvgIpc) is 2.73. The van der Waals surface area contributed by atoms with Crippen LogP contribution in [0.5, 0.6) is 23.0 Å². The summed E-state index contributed by atoms with van der Waals surface area (Å²) in [5, 5.41) is 0.451. The number of hydrogen-bond acceptors (Lipinski definition) is 6. The van der Waals surface area contributed by atoms with Gasteiger partial charge in [0.2, 0.25) is 5.75 Å². The molecule has 1 aromatic heterocycles. The van der Waals surface area contributed by atoms with E-state index in [2.05, 4.69) is 4.98 Å². The lowest BCUT2D eigenvalue weighted by Crippen LogP contribution is -2.44. The minimum atomic E-state index is -0.149. The lowest BCUT2D eigenvalue weighted by molar-refractivity contribution is 0.0534. The summed E-state index contributed by atoms with van der Waals surface area (Å²) in [6, 6.07) is 5.11. The quantitative estimate of drug-likeness (QED) is 0.731. The molecule has 28 heavy (non-hydrogen) atoms. The Balaban J connectivity index is 1.80. The van der Waals surface area contributed by atoms with Crippen LogP contribution in [0.25, 0.3) is 0 Å². The van der Waals surface area contributed by atoms with Gasteiger partial charge in [-0.2, -0.15) is 0 Å². The minimum Gasteiger partial charge on any atom is -0.493 e. The number of likely N-dealkylation sites (tertiary alicyclic amines) is 1. The Morgan fingerprint density at radius 1 is 1.11 bits per heavy atom. The van der Waals surface area contributed by atoms with Crippen molar-refractivity contribution >= 4 is 17.5 Å². The molecule has 1 atom stereocenters. The van der Waals surface area contributed by atoms with Crippen LogP contribution in [0.3, 0.4) is 0 Å². The molecule has 3 rings (SSSR count). The van der Waals surface area contributed by atoms with Gasteiger partial charge in [-0.1, -0.05) is 11.6 Å². The van der Waals surface area contributed by atoms with Gasteiger partial charge in [-0.3, -0.25) is 9.78 Å². The molecule has 1 saturated heterocycles. The molecule has 150 valence electrons. The maximum Gasteiger partial charge on any atom is 0.257 e. The standard InChI is InChI=1S/C20H23ClN2O5/c1-25-17-7-6-14(18(26-2)19(17)27-3)20(24)23-10-4-5-13(12-23)28-16-8-9-22-11-15(16)21/h6-9,11,13H,4-5,10,12H2,1-3H3. The first-order valence-electron chi connectivity index (χ1n) is 8.93. The van der Waals surface area contributed by atoms with E-state index in [4.69, 9.17) is 30.5 Å². The van der Waals surface area contributed by atoms with Crippen LogP contribution < -0.4 is 18.9 Å². The Bertz CT molecular complexity index is 845. The second-order valence-electron chi connectivity index (χ2n) is 6.32. The first-order valence-corrected chi connectivity index (χ1v) is 9.31. The Morgan fingerprint density at radius 2 is 1.89 bits per heavy atom. The van der Waals surface area contributed by atoms with Gasteiger partial charge in [0.25, 0.3) is 5.91 Å². The van der Waals surface area contributed by atoms with Gasteiger partial charge in [0, 0.05) is 25.0 Å². The molecular formula is C20H23ClN2O5. The number of halogens is 1. The van der Waals surface area contributed by atoms with Crippen LogP contribution in [0, 0.1) is 0 Å². The van der Waals surface area contributed by atoms with Crippen molar-refractivity contribution in [1.29, 1.82) is 0 Å². The zero-order chi connectivity index (χ0) is 20.1. The lowest BCUT2D eigenvalue weighted by Gasteiger charge is -2.33. The number of ether oxygens (including phenoxy) is 4. The number of rotatable bonds is 6. The van der Waals surface area contributed by atoms with Crippen LogP contribution in [-0.2, 0) is 0 Å². The minimum absolute atomic E-state index is 0.146. The van der Waals surface area contributed by atoms with Gasteiger partial charge in [-0.15, -0.1) is 0 Å². The van der Waals surface area contributed by atoms with Gasteiger partial charge in [-0.05, 0) is 25.0 Å². The van der Waals surface area contributed by atoms with E-state index in [1.54, 1.807) is 29.3 Å². The molecule has 1 amide bonds. The summed E-state index contributed by atoms with van der Waals surface area (Å²) in [6.07, 6.45) is 4.68. The monoisotopic (exact) mass is 406 g/mol. The fourth-order valence-corrected chi connectivity index (χ4v) is 3.46. The van der Waals surface area contributed by atoms with E-state index >= 15 is 0 Å². The SMILES string of the molecule is COc1ccc(C(=O)N2CCCC(Oc3ccncc3Cl)C2)c(OC)c1OC. The number of pyridine rings is 1. The lowest BCUT2D eigenvalue weighted by atomic mass is 10.1. The van der Waals surface area contributed by atoms with E-state index in [9.17, 15) is 4.79 Å². The van der Waals surface area contributed by atoms with Gasteiger partial charge in [0.15, 0.2) is 11.5 Å². The third-order valence-electron chi connectivity index (χ3n) is 4.63. The van der Waals surface area contributed by atoms with Gasteiger partial charge < -0.3 is 23.8 Å². The third-order valence-corrected chi connectivity index (χ3v) is 4.91. The molecule has 1 aliphatic heterocycles. The van der Waals surface area contributed by atoms with E-state index in [0.29, 0.717) is 46.7 Å². The van der Waals surface area contributed by atoms with Crippen molar-refractivity contribution in [3.63, 3.8) is 0 Å². The fraction of sp³-hybridized carbons (Fsp3) is 0.400.